The highest BCUT2D eigenvalue weighted by atomic mass is 16.5. The zero-order valence-corrected chi connectivity index (χ0v) is 14.6. The van der Waals surface area contributed by atoms with Crippen LogP contribution in [0.3, 0.4) is 0 Å². The van der Waals surface area contributed by atoms with E-state index in [-0.39, 0.29) is 12.0 Å². The number of amides is 1. The van der Waals surface area contributed by atoms with Crippen molar-refractivity contribution in [1.29, 1.82) is 0 Å². The Morgan fingerprint density at radius 3 is 2.58 bits per heavy atom. The average molecular weight is 333 g/mol. The fraction of sp³-hybridized carbons (Fsp3) is 0.706. The van der Waals surface area contributed by atoms with Gasteiger partial charge < -0.3 is 14.5 Å². The van der Waals surface area contributed by atoms with Crippen molar-refractivity contribution in [2.45, 2.75) is 32.4 Å². The van der Waals surface area contributed by atoms with E-state index in [1.807, 2.05) is 11.0 Å². The quantitative estimate of drug-likeness (QED) is 0.805. The van der Waals surface area contributed by atoms with E-state index in [9.17, 15) is 4.79 Å². The third-order valence-electron chi connectivity index (χ3n) is 4.77. The highest BCUT2D eigenvalue weighted by Gasteiger charge is 2.28. The average Bonchev–Trinajstić information content (AvgIpc) is 2.63. The third kappa shape index (κ3) is 4.21. The lowest BCUT2D eigenvalue weighted by Gasteiger charge is -2.38. The number of piperazine rings is 1. The van der Waals surface area contributed by atoms with Gasteiger partial charge in [0.2, 0.25) is 11.9 Å². The molecule has 2 aliphatic rings. The molecule has 1 atom stereocenters. The number of anilines is 1. The molecule has 7 nitrogen and oxygen atoms in total. The first kappa shape index (κ1) is 17.1. The molecule has 1 amide bonds. The lowest BCUT2D eigenvalue weighted by molar-refractivity contribution is -0.136. The van der Waals surface area contributed by atoms with Gasteiger partial charge in [-0.1, -0.05) is 0 Å². The maximum atomic E-state index is 12.6. The summed E-state index contributed by atoms with van der Waals surface area (Å²) >= 11 is 0. The van der Waals surface area contributed by atoms with Crippen molar-refractivity contribution in [3.05, 3.63) is 18.5 Å². The fourth-order valence-electron chi connectivity index (χ4n) is 3.27. The summed E-state index contributed by atoms with van der Waals surface area (Å²) in [7, 11) is 0. The number of hydrogen-bond acceptors (Lipinski definition) is 6. The lowest BCUT2D eigenvalue weighted by atomic mass is 10.1. The minimum absolute atomic E-state index is 0.0177. The summed E-state index contributed by atoms with van der Waals surface area (Å²) in [5.41, 5.74) is 0. The van der Waals surface area contributed by atoms with Crippen molar-refractivity contribution in [3.8, 4) is 0 Å². The van der Waals surface area contributed by atoms with Gasteiger partial charge in [-0.05, 0) is 19.9 Å². The molecule has 0 spiro atoms. The maximum Gasteiger partial charge on any atom is 0.225 e. The summed E-state index contributed by atoms with van der Waals surface area (Å²) in [6, 6.07) is 2.31. The molecule has 2 saturated heterocycles. The highest BCUT2D eigenvalue weighted by Crippen LogP contribution is 2.15. The zero-order valence-electron chi connectivity index (χ0n) is 14.6. The number of ether oxygens (including phenoxy) is 1. The molecule has 0 saturated carbocycles. The minimum atomic E-state index is 0.0177. The van der Waals surface area contributed by atoms with Crippen molar-refractivity contribution in [2.24, 2.45) is 0 Å². The van der Waals surface area contributed by atoms with Gasteiger partial charge in [0.25, 0.3) is 0 Å². The van der Waals surface area contributed by atoms with Crippen LogP contribution in [0.1, 0.15) is 20.3 Å². The molecule has 2 aliphatic heterocycles. The van der Waals surface area contributed by atoms with Gasteiger partial charge in [0.1, 0.15) is 0 Å². The van der Waals surface area contributed by atoms with Gasteiger partial charge in [0.05, 0.1) is 19.1 Å². The van der Waals surface area contributed by atoms with Gasteiger partial charge in [-0.3, -0.25) is 9.69 Å². The molecule has 132 valence electrons. The van der Waals surface area contributed by atoms with Crippen LogP contribution in [-0.4, -0.2) is 83.7 Å². The van der Waals surface area contributed by atoms with Crippen LogP contribution in [0, 0.1) is 0 Å². The second-order valence-electron chi connectivity index (χ2n) is 6.70. The Hall–Kier alpha value is -1.73. The van der Waals surface area contributed by atoms with Crippen LogP contribution in [0.2, 0.25) is 0 Å². The molecule has 3 rings (SSSR count). The van der Waals surface area contributed by atoms with E-state index in [0.29, 0.717) is 12.5 Å². The second kappa shape index (κ2) is 7.90. The van der Waals surface area contributed by atoms with Gasteiger partial charge in [-0.2, -0.15) is 0 Å². The number of rotatable bonds is 4. The van der Waals surface area contributed by atoms with E-state index in [2.05, 4.69) is 33.6 Å². The Morgan fingerprint density at radius 2 is 1.92 bits per heavy atom. The molecule has 0 unspecified atom stereocenters. The Balaban J connectivity index is 1.47. The molecule has 0 aromatic carbocycles. The highest BCUT2D eigenvalue weighted by molar-refractivity contribution is 5.77. The first-order chi connectivity index (χ1) is 11.6. The molecule has 0 radical (unpaired) electrons. The SMILES string of the molecule is CC(C)N1CCO[C@H](CC(=O)N2CCN(c3ncccn3)CC2)C1. The van der Waals surface area contributed by atoms with Crippen LogP contribution < -0.4 is 4.90 Å². The van der Waals surface area contributed by atoms with Gasteiger partial charge in [0.15, 0.2) is 0 Å². The van der Waals surface area contributed by atoms with Crippen LogP contribution >= 0.6 is 0 Å². The number of carbonyl (C=O) groups excluding carboxylic acids is 1. The molecule has 2 fully saturated rings. The minimum Gasteiger partial charge on any atom is -0.375 e. The predicted octanol–water partition coefficient (Wildman–Crippen LogP) is 0.625. The summed E-state index contributed by atoms with van der Waals surface area (Å²) < 4.78 is 5.79. The summed E-state index contributed by atoms with van der Waals surface area (Å²) in [4.78, 5) is 27.6. The van der Waals surface area contributed by atoms with Crippen molar-refractivity contribution in [2.75, 3.05) is 50.8 Å². The first-order valence-electron chi connectivity index (χ1n) is 8.79. The molecule has 7 heteroatoms. The van der Waals surface area contributed by atoms with Gasteiger partial charge in [-0.25, -0.2) is 9.97 Å². The van der Waals surface area contributed by atoms with E-state index in [0.717, 1.165) is 51.8 Å². The summed E-state index contributed by atoms with van der Waals surface area (Å²) in [6.45, 7) is 9.90. The van der Waals surface area contributed by atoms with Crippen LogP contribution in [0.5, 0.6) is 0 Å². The fourth-order valence-corrected chi connectivity index (χ4v) is 3.27. The van der Waals surface area contributed by atoms with E-state index < -0.39 is 0 Å². The Morgan fingerprint density at radius 1 is 1.21 bits per heavy atom. The van der Waals surface area contributed by atoms with Crippen LogP contribution in [0.25, 0.3) is 0 Å². The van der Waals surface area contributed by atoms with Crippen molar-refractivity contribution >= 4 is 11.9 Å². The van der Waals surface area contributed by atoms with Crippen LogP contribution in [0.15, 0.2) is 18.5 Å². The molecule has 1 aromatic heterocycles. The van der Waals surface area contributed by atoms with Crippen molar-refractivity contribution in [1.82, 2.24) is 19.8 Å². The molecular formula is C17H27N5O2. The summed E-state index contributed by atoms with van der Waals surface area (Å²) in [6.07, 6.45) is 4.00. The van der Waals surface area contributed by atoms with Gasteiger partial charge in [-0.15, -0.1) is 0 Å². The third-order valence-corrected chi connectivity index (χ3v) is 4.77. The molecule has 24 heavy (non-hydrogen) atoms. The number of hydrogen-bond donors (Lipinski definition) is 0. The lowest BCUT2D eigenvalue weighted by Crippen LogP contribution is -2.51. The molecular weight excluding hydrogens is 306 g/mol. The second-order valence-corrected chi connectivity index (χ2v) is 6.70. The molecule has 1 aromatic rings. The van der Waals surface area contributed by atoms with Crippen LogP contribution in [-0.2, 0) is 9.53 Å². The smallest absolute Gasteiger partial charge is 0.225 e. The molecule has 0 bridgehead atoms. The largest absolute Gasteiger partial charge is 0.375 e. The van der Waals surface area contributed by atoms with Crippen LogP contribution in [0.4, 0.5) is 5.95 Å². The number of nitrogens with zero attached hydrogens (tertiary/aromatic N) is 5. The summed E-state index contributed by atoms with van der Waals surface area (Å²) in [5.74, 6) is 0.937. The standard InChI is InChI=1S/C17H27N5O2/c1-14(2)22-10-11-24-15(13-22)12-16(23)20-6-8-21(9-7-20)17-18-4-3-5-19-17/h3-5,14-15H,6-13H2,1-2H3/t15-/m1/s1. The first-order valence-corrected chi connectivity index (χ1v) is 8.79. The van der Waals surface area contributed by atoms with Gasteiger partial charge in [0, 0.05) is 57.7 Å². The van der Waals surface area contributed by atoms with E-state index in [1.165, 1.54) is 0 Å². The Labute approximate surface area is 143 Å². The maximum absolute atomic E-state index is 12.6. The monoisotopic (exact) mass is 333 g/mol. The molecule has 0 N–H and O–H groups in total. The number of carbonyl (C=O) groups is 1. The zero-order chi connectivity index (χ0) is 16.9. The topological polar surface area (TPSA) is 61.8 Å². The Bertz CT molecular complexity index is 531. The Kier molecular flexibility index (Phi) is 5.63. The van der Waals surface area contributed by atoms with E-state index in [1.54, 1.807) is 12.4 Å². The van der Waals surface area contributed by atoms with Crippen molar-refractivity contribution in [3.63, 3.8) is 0 Å². The van der Waals surface area contributed by atoms with Gasteiger partial charge >= 0.3 is 0 Å². The van der Waals surface area contributed by atoms with E-state index in [4.69, 9.17) is 4.74 Å². The number of morpholine rings is 1. The summed E-state index contributed by atoms with van der Waals surface area (Å²) in [5, 5.41) is 0. The molecule has 0 aliphatic carbocycles. The number of aromatic nitrogens is 2. The van der Waals surface area contributed by atoms with E-state index >= 15 is 0 Å². The molecule has 3 heterocycles. The normalized spacial score (nSPS) is 22.9. The predicted molar refractivity (Wildman–Crippen MR) is 91.9 cm³/mol. The van der Waals surface area contributed by atoms with Crippen molar-refractivity contribution < 1.29 is 9.53 Å².